The Morgan fingerprint density at radius 1 is 1.10 bits per heavy atom. The van der Waals surface area contributed by atoms with Gasteiger partial charge in [-0.25, -0.2) is 4.79 Å². The fraction of sp³-hybridized carbons (Fsp3) is 0.609. The zero-order chi connectivity index (χ0) is 21.7. The normalized spacial score (nSPS) is 21.0. The van der Waals surface area contributed by atoms with E-state index in [9.17, 15) is 14.4 Å². The van der Waals surface area contributed by atoms with Gasteiger partial charge in [-0.1, -0.05) is 37.1 Å². The number of ether oxygens (including phenoxy) is 1. The Balaban J connectivity index is 1.22. The highest BCUT2D eigenvalue weighted by molar-refractivity contribution is 6.07. The van der Waals surface area contributed by atoms with Crippen LogP contribution in [0.4, 0.5) is 4.79 Å². The van der Waals surface area contributed by atoms with Crippen LogP contribution in [0, 0.1) is 0 Å². The van der Waals surface area contributed by atoms with Gasteiger partial charge in [0.1, 0.15) is 5.54 Å². The summed E-state index contributed by atoms with van der Waals surface area (Å²) >= 11 is 0. The molecule has 0 aromatic heterocycles. The van der Waals surface area contributed by atoms with Crippen LogP contribution in [0.1, 0.15) is 49.7 Å². The fourth-order valence-corrected chi connectivity index (χ4v) is 4.76. The molecule has 1 spiro atoms. The SMILES string of the molecule is O=C(CCCN1C(=O)NC2(CCCC2)C1=O)NCc1ccccc1CN1CCOCC1. The first kappa shape index (κ1) is 21.8. The summed E-state index contributed by atoms with van der Waals surface area (Å²) in [5.41, 5.74) is 1.65. The summed E-state index contributed by atoms with van der Waals surface area (Å²) < 4.78 is 5.41. The van der Waals surface area contributed by atoms with E-state index in [1.165, 1.54) is 10.5 Å². The van der Waals surface area contributed by atoms with Crippen LogP contribution in [0.2, 0.25) is 0 Å². The highest BCUT2D eigenvalue weighted by Gasteiger charge is 2.52. The zero-order valence-corrected chi connectivity index (χ0v) is 18.0. The van der Waals surface area contributed by atoms with E-state index in [2.05, 4.69) is 21.6 Å². The first-order chi connectivity index (χ1) is 15.1. The number of benzene rings is 1. The monoisotopic (exact) mass is 428 g/mol. The maximum Gasteiger partial charge on any atom is 0.325 e. The zero-order valence-electron chi connectivity index (χ0n) is 18.0. The standard InChI is InChI=1S/C23H32N4O4/c28-20(8-5-11-27-21(29)23(25-22(27)30)9-3-4-10-23)24-16-18-6-1-2-7-19(18)17-26-12-14-31-15-13-26/h1-2,6-7H,3-5,8-17H2,(H,24,28)(H,25,30). The molecule has 2 N–H and O–H groups in total. The van der Waals surface area contributed by atoms with Gasteiger partial charge in [0.25, 0.3) is 5.91 Å². The number of nitrogens with zero attached hydrogens (tertiary/aromatic N) is 2. The Morgan fingerprint density at radius 2 is 1.81 bits per heavy atom. The van der Waals surface area contributed by atoms with Crippen LogP contribution in [-0.2, 0) is 27.4 Å². The van der Waals surface area contributed by atoms with Crippen LogP contribution >= 0.6 is 0 Å². The molecule has 168 valence electrons. The lowest BCUT2D eigenvalue weighted by Crippen LogP contribution is -2.44. The lowest BCUT2D eigenvalue weighted by atomic mass is 9.98. The second-order valence-corrected chi connectivity index (χ2v) is 8.71. The molecule has 4 rings (SSSR count). The largest absolute Gasteiger partial charge is 0.379 e. The maximum absolute atomic E-state index is 12.7. The topological polar surface area (TPSA) is 91.0 Å². The van der Waals surface area contributed by atoms with Crippen molar-refractivity contribution < 1.29 is 19.1 Å². The van der Waals surface area contributed by atoms with Crippen molar-refractivity contribution >= 4 is 17.8 Å². The average Bonchev–Trinajstić information content (AvgIpc) is 3.34. The third kappa shape index (κ3) is 5.07. The lowest BCUT2D eigenvalue weighted by molar-refractivity contribution is -0.131. The minimum absolute atomic E-state index is 0.0659. The Labute approximate surface area is 183 Å². The molecule has 8 heteroatoms. The van der Waals surface area contributed by atoms with E-state index < -0.39 is 5.54 Å². The van der Waals surface area contributed by atoms with Crippen molar-refractivity contribution in [3.05, 3.63) is 35.4 Å². The minimum Gasteiger partial charge on any atom is -0.379 e. The Bertz CT molecular complexity index is 816. The van der Waals surface area contributed by atoms with E-state index in [0.717, 1.165) is 64.1 Å². The van der Waals surface area contributed by atoms with Gasteiger partial charge in [-0.05, 0) is 30.4 Å². The molecule has 4 amide bonds. The average molecular weight is 429 g/mol. The molecule has 1 aromatic rings. The van der Waals surface area contributed by atoms with E-state index in [-0.39, 0.29) is 30.8 Å². The number of rotatable bonds is 8. The molecule has 0 bridgehead atoms. The van der Waals surface area contributed by atoms with Crippen molar-refractivity contribution in [3.8, 4) is 0 Å². The summed E-state index contributed by atoms with van der Waals surface area (Å²) in [6.07, 6.45) is 4.13. The first-order valence-corrected chi connectivity index (χ1v) is 11.4. The summed E-state index contributed by atoms with van der Waals surface area (Å²) in [6.45, 7) is 4.98. The number of hydrogen-bond donors (Lipinski definition) is 2. The smallest absolute Gasteiger partial charge is 0.325 e. The molecule has 0 unspecified atom stereocenters. The summed E-state index contributed by atoms with van der Waals surface area (Å²) in [5.74, 6) is -0.184. The molecule has 2 heterocycles. The highest BCUT2D eigenvalue weighted by Crippen LogP contribution is 2.35. The predicted molar refractivity (Wildman–Crippen MR) is 115 cm³/mol. The van der Waals surface area contributed by atoms with Gasteiger partial charge in [0.2, 0.25) is 5.91 Å². The van der Waals surface area contributed by atoms with Gasteiger partial charge in [0, 0.05) is 39.1 Å². The van der Waals surface area contributed by atoms with Crippen molar-refractivity contribution in [2.45, 2.75) is 57.2 Å². The molecule has 3 fully saturated rings. The molecular weight excluding hydrogens is 396 g/mol. The number of carbonyl (C=O) groups is 3. The molecule has 1 saturated carbocycles. The summed E-state index contributed by atoms with van der Waals surface area (Å²) in [7, 11) is 0. The molecule has 8 nitrogen and oxygen atoms in total. The van der Waals surface area contributed by atoms with Gasteiger partial charge < -0.3 is 15.4 Å². The van der Waals surface area contributed by atoms with Crippen LogP contribution in [0.5, 0.6) is 0 Å². The predicted octanol–water partition coefficient (Wildman–Crippen LogP) is 1.78. The minimum atomic E-state index is -0.677. The van der Waals surface area contributed by atoms with E-state index in [4.69, 9.17) is 4.74 Å². The lowest BCUT2D eigenvalue weighted by Gasteiger charge is -2.27. The first-order valence-electron chi connectivity index (χ1n) is 11.4. The van der Waals surface area contributed by atoms with Crippen LogP contribution in [-0.4, -0.2) is 66.0 Å². The van der Waals surface area contributed by atoms with Crippen molar-refractivity contribution in [1.82, 2.24) is 20.4 Å². The number of morpholine rings is 1. The Hall–Kier alpha value is -2.45. The van der Waals surface area contributed by atoms with Crippen molar-refractivity contribution in [1.29, 1.82) is 0 Å². The quantitative estimate of drug-likeness (QED) is 0.616. The van der Waals surface area contributed by atoms with Crippen LogP contribution in [0.15, 0.2) is 24.3 Å². The Morgan fingerprint density at radius 3 is 2.55 bits per heavy atom. The molecule has 1 aromatic carbocycles. The highest BCUT2D eigenvalue weighted by atomic mass is 16.5. The van der Waals surface area contributed by atoms with E-state index >= 15 is 0 Å². The number of imide groups is 1. The fourth-order valence-electron chi connectivity index (χ4n) is 4.76. The summed E-state index contributed by atoms with van der Waals surface area (Å²) in [6, 6.07) is 7.85. The van der Waals surface area contributed by atoms with Crippen LogP contribution in [0.25, 0.3) is 0 Å². The summed E-state index contributed by atoms with van der Waals surface area (Å²) in [4.78, 5) is 40.9. The third-order valence-corrected chi connectivity index (χ3v) is 6.58. The number of hydrogen-bond acceptors (Lipinski definition) is 5. The molecule has 3 aliphatic rings. The Kier molecular flexibility index (Phi) is 6.87. The van der Waals surface area contributed by atoms with Crippen molar-refractivity contribution in [2.24, 2.45) is 0 Å². The number of nitrogens with one attached hydrogen (secondary N) is 2. The molecule has 2 aliphatic heterocycles. The molecular formula is C23H32N4O4. The number of amides is 4. The number of carbonyl (C=O) groups excluding carboxylic acids is 3. The van der Waals surface area contributed by atoms with Gasteiger partial charge in [-0.15, -0.1) is 0 Å². The summed E-state index contributed by atoms with van der Waals surface area (Å²) in [5, 5.41) is 5.87. The van der Waals surface area contributed by atoms with Crippen molar-refractivity contribution in [3.63, 3.8) is 0 Å². The molecule has 2 saturated heterocycles. The number of urea groups is 1. The molecule has 31 heavy (non-hydrogen) atoms. The molecule has 0 radical (unpaired) electrons. The molecule has 0 atom stereocenters. The maximum atomic E-state index is 12.7. The molecule has 1 aliphatic carbocycles. The van der Waals surface area contributed by atoms with E-state index in [0.29, 0.717) is 13.0 Å². The second kappa shape index (κ2) is 9.78. The van der Waals surface area contributed by atoms with Crippen LogP contribution < -0.4 is 10.6 Å². The van der Waals surface area contributed by atoms with Crippen LogP contribution in [0.3, 0.4) is 0 Å². The van der Waals surface area contributed by atoms with Crippen molar-refractivity contribution in [2.75, 3.05) is 32.8 Å². The third-order valence-electron chi connectivity index (χ3n) is 6.58. The van der Waals surface area contributed by atoms with Gasteiger partial charge in [-0.3, -0.25) is 19.4 Å². The van der Waals surface area contributed by atoms with Gasteiger partial charge in [-0.2, -0.15) is 0 Å². The van der Waals surface area contributed by atoms with E-state index in [1.807, 2.05) is 18.2 Å². The van der Waals surface area contributed by atoms with Gasteiger partial charge in [0.05, 0.1) is 13.2 Å². The van der Waals surface area contributed by atoms with Gasteiger partial charge >= 0.3 is 6.03 Å². The van der Waals surface area contributed by atoms with E-state index in [1.54, 1.807) is 0 Å². The second-order valence-electron chi connectivity index (χ2n) is 8.71. The van der Waals surface area contributed by atoms with Gasteiger partial charge in [0.15, 0.2) is 0 Å².